The number of hydrogen-bond donors (Lipinski definition) is 7. The minimum Gasteiger partial charge on any atom is -0.481 e. The standard InChI is InChI=1S/C37H61N5O9S/c1-8-22-17(2)25-16-30-33(21(6)43)19(4)27(40-30)14-26-18(3)23(9-10-31(44)45)35(41-26)24(13-32(46)51-7)36-34(37(47)38-11-12-52(48,49)50)20(5)28(42-36)15-29(22)39-25/h17-18,20,22-30,34-36,39-42H,8-16H2,1-7H3,(H,38,47)(H,44,45)(H,48,49,50)/t17-,18+,20?,22-,23+,24?,25?,26?,27?,28?,29?,30?,34?,35?,36?/m1/s1. The summed E-state index contributed by atoms with van der Waals surface area (Å²) < 4.78 is 37.6. The zero-order valence-electron chi connectivity index (χ0n) is 31.7. The van der Waals surface area contributed by atoms with Crippen molar-refractivity contribution in [3.63, 3.8) is 0 Å². The number of ketones is 1. The normalized spacial score (nSPS) is 40.5. The topological polar surface area (TPSA) is 212 Å². The van der Waals surface area contributed by atoms with Gasteiger partial charge in [-0.05, 0) is 74.7 Å². The number of carbonyl (C=O) groups excluding carboxylic acids is 3. The summed E-state index contributed by atoms with van der Waals surface area (Å²) in [7, 11) is -2.97. The first kappa shape index (κ1) is 40.7. The van der Waals surface area contributed by atoms with Gasteiger partial charge in [-0.1, -0.05) is 34.1 Å². The van der Waals surface area contributed by atoms with Crippen LogP contribution in [0.2, 0.25) is 0 Å². The lowest BCUT2D eigenvalue weighted by Crippen LogP contribution is -2.53. The number of carbonyl (C=O) groups is 4. The van der Waals surface area contributed by atoms with Crippen LogP contribution in [0.25, 0.3) is 0 Å². The Morgan fingerprint density at radius 2 is 1.46 bits per heavy atom. The zero-order valence-corrected chi connectivity index (χ0v) is 32.5. The molecule has 5 aliphatic rings. The third kappa shape index (κ3) is 8.59. The fraction of sp³-hybridized carbons (Fsp3) is 0.838. The first-order valence-electron chi connectivity index (χ1n) is 19.2. The van der Waals surface area contributed by atoms with Crippen LogP contribution in [0.4, 0.5) is 0 Å². The third-order valence-electron chi connectivity index (χ3n) is 13.7. The number of rotatable bonds is 11. The molecule has 0 radical (unpaired) electrons. The molecule has 15 atom stereocenters. The van der Waals surface area contributed by atoms with Crippen LogP contribution in [-0.2, 0) is 34.0 Å². The van der Waals surface area contributed by atoms with E-state index in [2.05, 4.69) is 47.4 Å². The third-order valence-corrected chi connectivity index (χ3v) is 14.4. The van der Waals surface area contributed by atoms with Gasteiger partial charge in [0.1, 0.15) is 0 Å². The van der Waals surface area contributed by atoms with Crippen molar-refractivity contribution < 1.29 is 42.0 Å². The number of ether oxygens (including phenoxy) is 1. The van der Waals surface area contributed by atoms with Gasteiger partial charge in [0.25, 0.3) is 10.1 Å². The quantitative estimate of drug-likeness (QED) is 0.118. The van der Waals surface area contributed by atoms with Crippen LogP contribution in [0.3, 0.4) is 0 Å². The molecule has 0 saturated carbocycles. The molecular weight excluding hydrogens is 691 g/mol. The van der Waals surface area contributed by atoms with Gasteiger partial charge in [-0.2, -0.15) is 8.42 Å². The van der Waals surface area contributed by atoms with Crippen molar-refractivity contribution >= 4 is 33.7 Å². The number of hydrogen-bond acceptors (Lipinski definition) is 11. The van der Waals surface area contributed by atoms with E-state index in [1.54, 1.807) is 6.92 Å². The van der Waals surface area contributed by atoms with Crippen molar-refractivity contribution in [3.8, 4) is 0 Å². The van der Waals surface area contributed by atoms with Gasteiger partial charge in [-0.25, -0.2) is 0 Å². The Kier molecular flexibility index (Phi) is 12.9. The second kappa shape index (κ2) is 16.5. The molecule has 0 aliphatic carbocycles. The molecule has 5 aliphatic heterocycles. The van der Waals surface area contributed by atoms with E-state index in [4.69, 9.17) is 4.74 Å². The lowest BCUT2D eigenvalue weighted by Gasteiger charge is -2.36. The molecule has 294 valence electrons. The lowest BCUT2D eigenvalue weighted by atomic mass is 9.72. The lowest BCUT2D eigenvalue weighted by molar-refractivity contribution is -0.143. The Balaban J connectivity index is 1.60. The van der Waals surface area contributed by atoms with E-state index < -0.39 is 45.7 Å². The highest BCUT2D eigenvalue weighted by molar-refractivity contribution is 7.85. The van der Waals surface area contributed by atoms with Crippen molar-refractivity contribution in [1.82, 2.24) is 26.6 Å². The first-order chi connectivity index (χ1) is 24.4. The fourth-order valence-corrected chi connectivity index (χ4v) is 11.3. The molecule has 7 N–H and O–H groups in total. The van der Waals surface area contributed by atoms with Crippen LogP contribution in [0.15, 0.2) is 11.1 Å². The number of esters is 1. The average molecular weight is 752 g/mol. The summed E-state index contributed by atoms with van der Waals surface area (Å²) in [5.74, 6) is -3.04. The van der Waals surface area contributed by atoms with Gasteiger partial charge < -0.3 is 36.4 Å². The minimum absolute atomic E-state index is 0.00860. The Morgan fingerprint density at radius 1 is 0.846 bits per heavy atom. The van der Waals surface area contributed by atoms with Gasteiger partial charge in [0.15, 0.2) is 5.78 Å². The molecule has 4 fully saturated rings. The van der Waals surface area contributed by atoms with Gasteiger partial charge in [0, 0.05) is 72.8 Å². The fourth-order valence-electron chi connectivity index (χ4n) is 11.0. The van der Waals surface area contributed by atoms with E-state index in [9.17, 15) is 37.3 Å². The zero-order chi connectivity index (χ0) is 38.2. The highest BCUT2D eigenvalue weighted by Gasteiger charge is 2.55. The molecule has 5 rings (SSSR count). The van der Waals surface area contributed by atoms with Gasteiger partial charge >= 0.3 is 11.9 Å². The van der Waals surface area contributed by atoms with Crippen LogP contribution in [-0.4, -0.2) is 109 Å². The van der Waals surface area contributed by atoms with Crippen LogP contribution < -0.4 is 26.6 Å². The summed E-state index contributed by atoms with van der Waals surface area (Å²) in [5, 5.41) is 28.0. The second-order valence-electron chi connectivity index (χ2n) is 16.4. The van der Waals surface area contributed by atoms with Gasteiger partial charge in [-0.15, -0.1) is 0 Å². The first-order valence-corrected chi connectivity index (χ1v) is 20.8. The molecule has 11 unspecified atom stereocenters. The van der Waals surface area contributed by atoms with Crippen molar-refractivity contribution in [1.29, 1.82) is 0 Å². The molecule has 52 heavy (non-hydrogen) atoms. The van der Waals surface area contributed by atoms with Crippen molar-refractivity contribution in [2.75, 3.05) is 19.4 Å². The van der Waals surface area contributed by atoms with Crippen LogP contribution in [0.1, 0.15) is 86.5 Å². The monoisotopic (exact) mass is 751 g/mol. The smallest absolute Gasteiger partial charge is 0.305 e. The van der Waals surface area contributed by atoms with E-state index in [-0.39, 0.29) is 91.1 Å². The molecular formula is C37H61N5O9S. The number of carboxylic acids is 1. The highest BCUT2D eigenvalue weighted by Crippen LogP contribution is 2.45. The summed E-state index contributed by atoms with van der Waals surface area (Å²) in [6.07, 6.45) is 3.41. The maximum atomic E-state index is 14.1. The summed E-state index contributed by atoms with van der Waals surface area (Å²) in [4.78, 5) is 52.4. The maximum Gasteiger partial charge on any atom is 0.305 e. The summed E-state index contributed by atoms with van der Waals surface area (Å²) in [5.41, 5.74) is 1.89. The number of fused-ring (bicyclic) bond motifs is 8. The molecule has 0 spiro atoms. The maximum absolute atomic E-state index is 14.1. The van der Waals surface area contributed by atoms with Crippen molar-refractivity contribution in [2.45, 2.75) is 135 Å². The molecule has 14 nitrogen and oxygen atoms in total. The minimum atomic E-state index is -4.30. The predicted octanol–water partition coefficient (Wildman–Crippen LogP) is 1.65. The highest BCUT2D eigenvalue weighted by atomic mass is 32.2. The summed E-state index contributed by atoms with van der Waals surface area (Å²) in [6, 6.07) is -0.975. The van der Waals surface area contributed by atoms with Crippen LogP contribution >= 0.6 is 0 Å². The molecule has 0 aromatic heterocycles. The molecule has 5 heterocycles. The van der Waals surface area contributed by atoms with Gasteiger partial charge in [-0.3, -0.25) is 23.7 Å². The van der Waals surface area contributed by atoms with Gasteiger partial charge in [0.05, 0.1) is 25.2 Å². The number of amides is 1. The van der Waals surface area contributed by atoms with Crippen LogP contribution in [0.5, 0.6) is 0 Å². The molecule has 8 bridgehead atoms. The number of nitrogens with one attached hydrogen (secondary N) is 5. The Morgan fingerprint density at radius 3 is 2.08 bits per heavy atom. The molecule has 0 aromatic rings. The summed E-state index contributed by atoms with van der Waals surface area (Å²) >= 11 is 0. The number of aliphatic carboxylic acids is 1. The van der Waals surface area contributed by atoms with E-state index in [0.717, 1.165) is 24.0 Å². The predicted molar refractivity (Wildman–Crippen MR) is 195 cm³/mol. The van der Waals surface area contributed by atoms with Crippen molar-refractivity contribution in [3.05, 3.63) is 11.1 Å². The van der Waals surface area contributed by atoms with E-state index in [1.807, 2.05) is 13.8 Å². The summed E-state index contributed by atoms with van der Waals surface area (Å²) in [6.45, 7) is 12.1. The average Bonchev–Trinajstić information content (AvgIpc) is 3.74. The molecule has 4 saturated heterocycles. The second-order valence-corrected chi connectivity index (χ2v) is 18.0. The molecule has 0 aromatic carbocycles. The Bertz CT molecular complexity index is 1510. The van der Waals surface area contributed by atoms with Crippen molar-refractivity contribution in [2.24, 2.45) is 41.4 Å². The van der Waals surface area contributed by atoms with E-state index in [1.165, 1.54) is 7.11 Å². The van der Waals surface area contributed by atoms with E-state index >= 15 is 0 Å². The largest absolute Gasteiger partial charge is 0.481 e. The van der Waals surface area contributed by atoms with Gasteiger partial charge in [0.2, 0.25) is 5.91 Å². The molecule has 1 amide bonds. The number of methoxy groups -OCH3 is 1. The SMILES string of the molecule is CC[C@H]1C2CC3NC(C(CC(=O)OC)C4NC(CC5NC(CC(N2)[C@@H]1C)C(C(C)=O)=C5C)[C@@H](C)[C@@H]4CCC(=O)O)C(C(=O)NCCS(=O)(=O)O)C3C. The number of Topliss-reactive ketones (excluding diaryl/α,β-unsaturated/α-hetero) is 1. The Labute approximate surface area is 308 Å². The van der Waals surface area contributed by atoms with E-state index in [0.29, 0.717) is 31.1 Å². The molecule has 15 heteroatoms. The van der Waals surface area contributed by atoms with Crippen LogP contribution in [0, 0.1) is 41.4 Å². The number of carboxylic acid groups (broad SMARTS) is 1. The Hall–Kier alpha value is -2.43.